The smallest absolute Gasteiger partial charge is 0.406 e. The number of pyridine rings is 1. The fraction of sp³-hybridized carbons (Fsp3) is 0.217. The average Bonchev–Trinajstić information content (AvgIpc) is 2.74. The predicted octanol–water partition coefficient (Wildman–Crippen LogP) is 4.75. The number of amides is 1. The minimum absolute atomic E-state index is 0.203. The highest BCUT2D eigenvalue weighted by Crippen LogP contribution is 2.29. The molecule has 2 aromatic carbocycles. The first-order chi connectivity index (χ1) is 14.8. The first-order valence-electron chi connectivity index (χ1n) is 9.71. The van der Waals surface area contributed by atoms with Crippen molar-refractivity contribution in [3.63, 3.8) is 0 Å². The Balaban J connectivity index is 1.47. The van der Waals surface area contributed by atoms with Gasteiger partial charge in [0, 0.05) is 23.9 Å². The van der Waals surface area contributed by atoms with Gasteiger partial charge < -0.3 is 15.2 Å². The lowest BCUT2D eigenvalue weighted by atomic mass is 9.88. The highest BCUT2D eigenvalue weighted by Gasteiger charge is 2.31. The number of ether oxygens (including phenoxy) is 1. The van der Waals surface area contributed by atoms with Crippen molar-refractivity contribution in [3.8, 4) is 16.9 Å². The van der Waals surface area contributed by atoms with Crippen LogP contribution < -0.4 is 10.1 Å². The fourth-order valence-electron chi connectivity index (χ4n) is 3.62. The van der Waals surface area contributed by atoms with Gasteiger partial charge in [0.2, 0.25) is 0 Å². The molecular formula is C23H19F3N2O3. The number of nitrogens with zero attached hydrogens (tertiary/aromatic N) is 1. The SMILES string of the molecule is O=C(Nc1cccc2c1CC(O)CC2)c1ccc(-c2ccc(OC(F)(F)F)cc2)cn1. The van der Waals surface area contributed by atoms with Crippen molar-refractivity contribution in [2.45, 2.75) is 31.7 Å². The molecule has 160 valence electrons. The largest absolute Gasteiger partial charge is 0.573 e. The predicted molar refractivity (Wildman–Crippen MR) is 109 cm³/mol. The maximum absolute atomic E-state index is 12.6. The van der Waals surface area contributed by atoms with E-state index in [-0.39, 0.29) is 17.4 Å². The summed E-state index contributed by atoms with van der Waals surface area (Å²) in [6.07, 6.45) is -1.72. The molecule has 3 aromatic rings. The molecule has 0 bridgehead atoms. The minimum Gasteiger partial charge on any atom is -0.406 e. The van der Waals surface area contributed by atoms with Crippen LogP contribution in [-0.2, 0) is 12.8 Å². The summed E-state index contributed by atoms with van der Waals surface area (Å²) in [6.45, 7) is 0. The molecule has 1 atom stereocenters. The van der Waals surface area contributed by atoms with E-state index in [0.717, 1.165) is 17.5 Å². The number of rotatable bonds is 4. The lowest BCUT2D eigenvalue weighted by Crippen LogP contribution is -2.22. The van der Waals surface area contributed by atoms with Crippen LogP contribution in [0.1, 0.15) is 28.0 Å². The molecule has 1 aliphatic rings. The second-order valence-corrected chi connectivity index (χ2v) is 7.30. The topological polar surface area (TPSA) is 71.5 Å². The van der Waals surface area contributed by atoms with Gasteiger partial charge in [-0.3, -0.25) is 9.78 Å². The molecule has 0 aliphatic heterocycles. The molecule has 0 spiro atoms. The Hall–Kier alpha value is -3.39. The second kappa shape index (κ2) is 8.39. The van der Waals surface area contributed by atoms with Crippen molar-refractivity contribution in [1.82, 2.24) is 4.98 Å². The lowest BCUT2D eigenvalue weighted by Gasteiger charge is -2.23. The van der Waals surface area contributed by atoms with Gasteiger partial charge in [0.1, 0.15) is 11.4 Å². The number of hydrogen-bond acceptors (Lipinski definition) is 4. The number of fused-ring (bicyclic) bond motifs is 1. The number of carbonyl (C=O) groups is 1. The molecule has 1 aliphatic carbocycles. The van der Waals surface area contributed by atoms with E-state index >= 15 is 0 Å². The van der Waals surface area contributed by atoms with Crippen LogP contribution in [0.4, 0.5) is 18.9 Å². The number of aromatic nitrogens is 1. The van der Waals surface area contributed by atoms with Crippen LogP contribution in [-0.4, -0.2) is 28.5 Å². The fourth-order valence-corrected chi connectivity index (χ4v) is 3.62. The van der Waals surface area contributed by atoms with Gasteiger partial charge in [0.05, 0.1) is 6.10 Å². The van der Waals surface area contributed by atoms with Gasteiger partial charge in [-0.2, -0.15) is 0 Å². The van der Waals surface area contributed by atoms with Crippen molar-refractivity contribution in [3.05, 3.63) is 77.6 Å². The van der Waals surface area contributed by atoms with Crippen molar-refractivity contribution in [1.29, 1.82) is 0 Å². The van der Waals surface area contributed by atoms with E-state index in [0.29, 0.717) is 29.7 Å². The lowest BCUT2D eigenvalue weighted by molar-refractivity contribution is -0.274. The number of nitrogens with one attached hydrogen (secondary N) is 1. The Morgan fingerprint density at radius 3 is 2.48 bits per heavy atom. The number of carbonyl (C=O) groups excluding carboxylic acids is 1. The molecular weight excluding hydrogens is 409 g/mol. The first-order valence-corrected chi connectivity index (χ1v) is 9.71. The third kappa shape index (κ3) is 5.03. The molecule has 1 unspecified atom stereocenters. The van der Waals surface area contributed by atoms with Crippen LogP contribution in [0.2, 0.25) is 0 Å². The van der Waals surface area contributed by atoms with Gasteiger partial charge in [-0.15, -0.1) is 13.2 Å². The van der Waals surface area contributed by atoms with Crippen LogP contribution >= 0.6 is 0 Å². The minimum atomic E-state index is -4.74. The summed E-state index contributed by atoms with van der Waals surface area (Å²) in [5.41, 5.74) is 4.20. The number of aliphatic hydroxyl groups is 1. The summed E-state index contributed by atoms with van der Waals surface area (Å²) in [7, 11) is 0. The quantitative estimate of drug-likeness (QED) is 0.629. The van der Waals surface area contributed by atoms with E-state index in [9.17, 15) is 23.1 Å². The Morgan fingerprint density at radius 2 is 1.81 bits per heavy atom. The number of anilines is 1. The Morgan fingerprint density at radius 1 is 1.06 bits per heavy atom. The second-order valence-electron chi connectivity index (χ2n) is 7.30. The Bertz CT molecular complexity index is 1080. The number of alkyl halides is 3. The molecule has 1 aromatic heterocycles. The zero-order valence-corrected chi connectivity index (χ0v) is 16.3. The first kappa shape index (κ1) is 20.9. The summed E-state index contributed by atoms with van der Waals surface area (Å²) in [6, 6.07) is 14.3. The van der Waals surface area contributed by atoms with Crippen LogP contribution in [0.5, 0.6) is 5.75 Å². The monoisotopic (exact) mass is 428 g/mol. The van der Waals surface area contributed by atoms with Crippen LogP contribution in [0.25, 0.3) is 11.1 Å². The summed E-state index contributed by atoms with van der Waals surface area (Å²) in [4.78, 5) is 16.8. The van der Waals surface area contributed by atoms with Gasteiger partial charge in [-0.25, -0.2) is 0 Å². The number of benzene rings is 2. The zero-order valence-electron chi connectivity index (χ0n) is 16.3. The van der Waals surface area contributed by atoms with E-state index in [2.05, 4.69) is 15.0 Å². The van der Waals surface area contributed by atoms with Gasteiger partial charge in [-0.1, -0.05) is 30.3 Å². The van der Waals surface area contributed by atoms with Crippen LogP contribution in [0.15, 0.2) is 60.8 Å². The van der Waals surface area contributed by atoms with E-state index in [4.69, 9.17) is 0 Å². The van der Waals surface area contributed by atoms with Crippen molar-refractivity contribution < 1.29 is 27.8 Å². The van der Waals surface area contributed by atoms with E-state index in [1.165, 1.54) is 30.5 Å². The molecule has 1 amide bonds. The van der Waals surface area contributed by atoms with Gasteiger partial charge >= 0.3 is 6.36 Å². The molecule has 0 radical (unpaired) electrons. The van der Waals surface area contributed by atoms with E-state index in [1.807, 2.05) is 12.1 Å². The molecule has 1 heterocycles. The van der Waals surface area contributed by atoms with E-state index < -0.39 is 12.5 Å². The van der Waals surface area contributed by atoms with Crippen molar-refractivity contribution in [2.75, 3.05) is 5.32 Å². The molecule has 0 saturated heterocycles. The van der Waals surface area contributed by atoms with Crippen molar-refractivity contribution in [2.24, 2.45) is 0 Å². The van der Waals surface area contributed by atoms with Crippen LogP contribution in [0.3, 0.4) is 0 Å². The Kier molecular flexibility index (Phi) is 5.65. The Labute approximate surface area is 176 Å². The third-order valence-corrected chi connectivity index (χ3v) is 5.13. The molecule has 5 nitrogen and oxygen atoms in total. The summed E-state index contributed by atoms with van der Waals surface area (Å²) < 4.78 is 40.7. The van der Waals surface area contributed by atoms with E-state index in [1.54, 1.807) is 18.2 Å². The molecule has 31 heavy (non-hydrogen) atoms. The van der Waals surface area contributed by atoms with Crippen LogP contribution in [0, 0.1) is 0 Å². The number of aliphatic hydroxyl groups excluding tert-OH is 1. The number of hydrogen-bond donors (Lipinski definition) is 2. The maximum Gasteiger partial charge on any atom is 0.573 e. The molecule has 4 rings (SSSR count). The average molecular weight is 428 g/mol. The van der Waals surface area contributed by atoms with Gasteiger partial charge in [0.15, 0.2) is 0 Å². The third-order valence-electron chi connectivity index (χ3n) is 5.13. The normalized spacial score (nSPS) is 15.8. The molecule has 2 N–H and O–H groups in total. The molecule has 8 heteroatoms. The summed E-state index contributed by atoms with van der Waals surface area (Å²) in [5.74, 6) is -0.689. The molecule has 0 fully saturated rings. The zero-order chi connectivity index (χ0) is 22.0. The van der Waals surface area contributed by atoms with Crippen molar-refractivity contribution >= 4 is 11.6 Å². The standard InChI is InChI=1S/C23H19F3N2O3/c24-23(25,26)31-18-9-5-14(6-10-18)16-7-11-21(27-13-16)22(30)28-20-3-1-2-15-4-8-17(29)12-19(15)20/h1-3,5-7,9-11,13,17,29H,4,8,12H2,(H,28,30). The molecule has 0 saturated carbocycles. The number of aryl methyl sites for hydroxylation is 1. The highest BCUT2D eigenvalue weighted by molar-refractivity contribution is 6.03. The number of halogens is 3. The summed E-state index contributed by atoms with van der Waals surface area (Å²) in [5, 5.41) is 12.8. The van der Waals surface area contributed by atoms with Gasteiger partial charge in [-0.05, 0) is 53.8 Å². The van der Waals surface area contributed by atoms with Gasteiger partial charge in [0.25, 0.3) is 5.91 Å². The highest BCUT2D eigenvalue weighted by atomic mass is 19.4. The maximum atomic E-state index is 12.6. The summed E-state index contributed by atoms with van der Waals surface area (Å²) >= 11 is 0.